The smallest absolute Gasteiger partial charge is 0.306 e. The maximum Gasteiger partial charge on any atom is 0.306 e. The third-order valence-electron chi connectivity index (χ3n) is 13.5. The lowest BCUT2D eigenvalue weighted by Gasteiger charge is -2.18. The zero-order chi connectivity index (χ0) is 47.9. The minimum Gasteiger partial charge on any atom is -0.462 e. The van der Waals surface area contributed by atoms with Gasteiger partial charge in [-0.05, 0) is 44.9 Å². The third-order valence-corrected chi connectivity index (χ3v) is 13.5. The van der Waals surface area contributed by atoms with Gasteiger partial charge in [-0.1, -0.05) is 283 Å². The Morgan fingerprint density at radius 2 is 0.500 bits per heavy atom. The first-order chi connectivity index (χ1) is 32.5. The maximum atomic E-state index is 12.9. The summed E-state index contributed by atoms with van der Waals surface area (Å²) in [7, 11) is 0. The molecule has 0 amide bonds. The summed E-state index contributed by atoms with van der Waals surface area (Å²) < 4.78 is 16.9. The topological polar surface area (TPSA) is 78.9 Å². The molecule has 6 heteroatoms. The average molecular weight is 932 g/mol. The summed E-state index contributed by atoms with van der Waals surface area (Å²) in [4.78, 5) is 38.2. The SMILES string of the molecule is CCCCCCCCC/C=C\CCCCCCCCCC(=O)OCC(COC(=O)CCCCCCCCCCCCCCCCC)OC(=O)CCCCCCCCCCCCCCCCC. The van der Waals surface area contributed by atoms with E-state index in [1.165, 1.54) is 238 Å². The van der Waals surface area contributed by atoms with Gasteiger partial charge in [-0.25, -0.2) is 0 Å². The molecule has 0 bridgehead atoms. The molecule has 0 heterocycles. The van der Waals surface area contributed by atoms with Gasteiger partial charge >= 0.3 is 17.9 Å². The van der Waals surface area contributed by atoms with Gasteiger partial charge in [0.05, 0.1) is 0 Å². The van der Waals surface area contributed by atoms with Gasteiger partial charge in [0, 0.05) is 19.3 Å². The van der Waals surface area contributed by atoms with E-state index in [0.717, 1.165) is 57.8 Å². The van der Waals surface area contributed by atoms with Crippen molar-refractivity contribution < 1.29 is 28.6 Å². The predicted octanol–water partition coefficient (Wildman–Crippen LogP) is 19.7. The molecule has 0 aromatic rings. The predicted molar refractivity (Wildman–Crippen MR) is 284 cm³/mol. The third kappa shape index (κ3) is 53.1. The monoisotopic (exact) mass is 931 g/mol. The number of hydrogen-bond acceptors (Lipinski definition) is 6. The molecule has 0 aromatic heterocycles. The molecule has 0 saturated heterocycles. The van der Waals surface area contributed by atoms with Crippen molar-refractivity contribution in [2.75, 3.05) is 13.2 Å². The Morgan fingerprint density at radius 3 is 0.758 bits per heavy atom. The van der Waals surface area contributed by atoms with Gasteiger partial charge < -0.3 is 14.2 Å². The van der Waals surface area contributed by atoms with Crippen molar-refractivity contribution in [1.82, 2.24) is 0 Å². The average Bonchev–Trinajstić information content (AvgIpc) is 3.31. The van der Waals surface area contributed by atoms with Crippen molar-refractivity contribution in [1.29, 1.82) is 0 Å². The lowest BCUT2D eigenvalue weighted by molar-refractivity contribution is -0.167. The maximum absolute atomic E-state index is 12.9. The molecule has 0 rings (SSSR count). The fraction of sp³-hybridized carbons (Fsp3) is 0.917. The highest BCUT2D eigenvalue weighted by Gasteiger charge is 2.19. The molecule has 0 aliphatic rings. The van der Waals surface area contributed by atoms with Gasteiger partial charge in [-0.15, -0.1) is 0 Å². The van der Waals surface area contributed by atoms with Gasteiger partial charge in [-0.3, -0.25) is 14.4 Å². The number of hydrogen-bond donors (Lipinski definition) is 0. The van der Waals surface area contributed by atoms with Crippen molar-refractivity contribution in [3.05, 3.63) is 12.2 Å². The second-order valence-electron chi connectivity index (χ2n) is 20.3. The van der Waals surface area contributed by atoms with E-state index in [4.69, 9.17) is 14.2 Å². The fourth-order valence-corrected chi connectivity index (χ4v) is 9.03. The molecule has 0 spiro atoms. The standard InChI is InChI=1S/C60H114O6/c1-4-7-10-13-16-19-22-25-28-29-30-33-35-38-41-44-47-50-53-59(62)65-56-57(66-60(63)54-51-48-45-42-39-36-32-27-24-21-18-15-12-9-6-3)55-64-58(61)52-49-46-43-40-37-34-31-26-23-20-17-14-11-8-5-2/h28-29,57H,4-27,30-56H2,1-3H3/b29-28-. The van der Waals surface area contributed by atoms with E-state index in [1.54, 1.807) is 0 Å². The quantitative estimate of drug-likeness (QED) is 0.0262. The first-order valence-corrected chi connectivity index (χ1v) is 29.7. The lowest BCUT2D eigenvalue weighted by Crippen LogP contribution is -2.30. The van der Waals surface area contributed by atoms with Crippen molar-refractivity contribution in [2.45, 2.75) is 341 Å². The summed E-state index contributed by atoms with van der Waals surface area (Å²) in [6, 6.07) is 0. The van der Waals surface area contributed by atoms with Crippen molar-refractivity contribution >= 4 is 17.9 Å². The van der Waals surface area contributed by atoms with Gasteiger partial charge in [0.2, 0.25) is 0 Å². The minimum absolute atomic E-state index is 0.0650. The van der Waals surface area contributed by atoms with Crippen LogP contribution in [0.1, 0.15) is 335 Å². The van der Waals surface area contributed by atoms with E-state index in [-0.39, 0.29) is 31.1 Å². The Balaban J connectivity index is 4.31. The Bertz CT molecular complexity index is 1020. The second-order valence-corrected chi connectivity index (χ2v) is 20.3. The van der Waals surface area contributed by atoms with Crippen molar-refractivity contribution in [3.8, 4) is 0 Å². The molecular weight excluding hydrogens is 817 g/mol. The summed E-state index contributed by atoms with van der Waals surface area (Å²) in [6.45, 7) is 6.70. The summed E-state index contributed by atoms with van der Waals surface area (Å²) in [5, 5.41) is 0. The number of allylic oxidation sites excluding steroid dienone is 2. The molecule has 0 N–H and O–H groups in total. The van der Waals surface area contributed by atoms with Crippen LogP contribution in [0.25, 0.3) is 0 Å². The Morgan fingerprint density at radius 1 is 0.288 bits per heavy atom. The van der Waals surface area contributed by atoms with Crippen LogP contribution in [0.5, 0.6) is 0 Å². The number of carbonyl (C=O) groups is 3. The zero-order valence-corrected chi connectivity index (χ0v) is 44.7. The first-order valence-electron chi connectivity index (χ1n) is 29.7. The van der Waals surface area contributed by atoms with Gasteiger partial charge in [-0.2, -0.15) is 0 Å². The Kier molecular flexibility index (Phi) is 54.2. The van der Waals surface area contributed by atoms with Crippen molar-refractivity contribution in [2.24, 2.45) is 0 Å². The largest absolute Gasteiger partial charge is 0.462 e. The van der Waals surface area contributed by atoms with Crippen LogP contribution in [0, 0.1) is 0 Å². The van der Waals surface area contributed by atoms with Crippen LogP contribution in [0.3, 0.4) is 0 Å². The molecule has 0 saturated carbocycles. The molecule has 0 aliphatic carbocycles. The molecule has 66 heavy (non-hydrogen) atoms. The Labute approximate surface area is 411 Å². The van der Waals surface area contributed by atoms with Crippen molar-refractivity contribution in [3.63, 3.8) is 0 Å². The van der Waals surface area contributed by atoms with Gasteiger partial charge in [0.1, 0.15) is 13.2 Å². The molecule has 1 unspecified atom stereocenters. The highest BCUT2D eigenvalue weighted by Crippen LogP contribution is 2.17. The first kappa shape index (κ1) is 64.2. The van der Waals surface area contributed by atoms with Crippen LogP contribution >= 0.6 is 0 Å². The van der Waals surface area contributed by atoms with E-state index in [9.17, 15) is 14.4 Å². The van der Waals surface area contributed by atoms with Gasteiger partial charge in [0.25, 0.3) is 0 Å². The van der Waals surface area contributed by atoms with E-state index < -0.39 is 6.10 Å². The second kappa shape index (κ2) is 55.7. The summed E-state index contributed by atoms with van der Waals surface area (Å²) in [5.41, 5.74) is 0. The van der Waals surface area contributed by atoms with Gasteiger partial charge in [0.15, 0.2) is 6.10 Å². The summed E-state index contributed by atoms with van der Waals surface area (Å²) in [6.07, 6.45) is 63.4. The molecule has 0 fully saturated rings. The number of carbonyl (C=O) groups excluding carboxylic acids is 3. The van der Waals surface area contributed by atoms with E-state index in [0.29, 0.717) is 19.3 Å². The summed E-state index contributed by atoms with van der Waals surface area (Å²) in [5.74, 6) is -0.843. The number of rotatable bonds is 55. The normalized spacial score (nSPS) is 12.0. The minimum atomic E-state index is -0.766. The molecule has 0 radical (unpaired) electrons. The molecule has 390 valence electrons. The molecule has 0 aliphatic heterocycles. The molecular formula is C60H114O6. The van der Waals surface area contributed by atoms with Crippen LogP contribution in [0.2, 0.25) is 0 Å². The number of esters is 3. The van der Waals surface area contributed by atoms with E-state index in [1.807, 2.05) is 0 Å². The molecule has 0 aromatic carbocycles. The number of unbranched alkanes of at least 4 members (excludes halogenated alkanes) is 42. The lowest BCUT2D eigenvalue weighted by atomic mass is 10.0. The van der Waals surface area contributed by atoms with Crippen LogP contribution < -0.4 is 0 Å². The zero-order valence-electron chi connectivity index (χ0n) is 44.7. The molecule has 6 nitrogen and oxygen atoms in total. The van der Waals surface area contributed by atoms with Crippen LogP contribution in [0.15, 0.2) is 12.2 Å². The fourth-order valence-electron chi connectivity index (χ4n) is 9.03. The highest BCUT2D eigenvalue weighted by molar-refractivity contribution is 5.71. The Hall–Kier alpha value is -1.85. The number of ether oxygens (including phenoxy) is 3. The molecule has 1 atom stereocenters. The highest BCUT2D eigenvalue weighted by atomic mass is 16.6. The van der Waals surface area contributed by atoms with E-state index in [2.05, 4.69) is 32.9 Å². The van der Waals surface area contributed by atoms with Crippen LogP contribution in [-0.2, 0) is 28.6 Å². The van der Waals surface area contributed by atoms with E-state index >= 15 is 0 Å². The van der Waals surface area contributed by atoms with Crippen LogP contribution in [0.4, 0.5) is 0 Å². The van der Waals surface area contributed by atoms with Crippen LogP contribution in [-0.4, -0.2) is 37.2 Å². The summed E-state index contributed by atoms with van der Waals surface area (Å²) >= 11 is 0.